The third kappa shape index (κ3) is 3.82. The number of nitrogens with zero attached hydrogens (tertiary/aromatic N) is 1. The van der Waals surface area contributed by atoms with E-state index in [-0.39, 0.29) is 12.2 Å². The normalized spacial score (nSPS) is 11.9. The highest BCUT2D eigenvalue weighted by Crippen LogP contribution is 2.00. The highest BCUT2D eigenvalue weighted by Gasteiger charge is 2.14. The summed E-state index contributed by atoms with van der Waals surface area (Å²) in [6.45, 7) is 2.23. The second-order valence-corrected chi connectivity index (χ2v) is 4.67. The number of unbranched alkanes of at least 4 members (excludes halogenated alkanes) is 1. The molecule has 0 aromatic heterocycles. The molecule has 0 aliphatic rings. The maximum atomic E-state index is 11.2. The fourth-order valence-electron chi connectivity index (χ4n) is 0.679. The fourth-order valence-corrected chi connectivity index (χ4v) is 1.89. The Balaban J connectivity index is 3.96. The molecule has 0 aliphatic heterocycles. The van der Waals surface area contributed by atoms with Crippen LogP contribution in [-0.2, 0) is 14.8 Å². The Morgan fingerprint density at radius 2 is 2.00 bits per heavy atom. The zero-order valence-electron chi connectivity index (χ0n) is 7.41. The number of hydrogen-bond donors (Lipinski definition) is 0. The van der Waals surface area contributed by atoms with Gasteiger partial charge in [0.05, 0.1) is 5.75 Å². The van der Waals surface area contributed by atoms with Crippen LogP contribution in [0, 0.1) is 0 Å². The number of sulfonamides is 1. The molecule has 0 fully saturated rings. The molecule has 5 heteroatoms. The van der Waals surface area contributed by atoms with Crippen molar-refractivity contribution in [2.24, 2.45) is 0 Å². The van der Waals surface area contributed by atoms with Crippen molar-refractivity contribution in [2.75, 3.05) is 19.3 Å². The molecular formula is C7H14NO3S. The molecule has 0 atom stereocenters. The molecule has 0 rings (SSSR count). The van der Waals surface area contributed by atoms with Gasteiger partial charge in [0.15, 0.2) is 6.29 Å². The molecule has 0 aromatic rings. The summed E-state index contributed by atoms with van der Waals surface area (Å²) in [6, 6.07) is 0. The summed E-state index contributed by atoms with van der Waals surface area (Å²) in [5.41, 5.74) is 0. The average Bonchev–Trinajstić information content (AvgIpc) is 2.03. The lowest BCUT2D eigenvalue weighted by Gasteiger charge is -2.13. The molecule has 0 bridgehead atoms. The van der Waals surface area contributed by atoms with Crippen LogP contribution in [0.15, 0.2) is 0 Å². The highest BCUT2D eigenvalue weighted by atomic mass is 32.2. The zero-order chi connectivity index (χ0) is 9.61. The van der Waals surface area contributed by atoms with E-state index in [0.29, 0.717) is 13.0 Å². The fraction of sp³-hybridized carbons (Fsp3) is 0.857. The monoisotopic (exact) mass is 192 g/mol. The van der Waals surface area contributed by atoms with E-state index in [0.717, 1.165) is 0 Å². The first-order valence-electron chi connectivity index (χ1n) is 3.83. The minimum absolute atomic E-state index is 0.0343. The summed E-state index contributed by atoms with van der Waals surface area (Å²) < 4.78 is 23.7. The van der Waals surface area contributed by atoms with E-state index in [1.54, 1.807) is 13.2 Å². The first-order chi connectivity index (χ1) is 5.54. The van der Waals surface area contributed by atoms with Crippen molar-refractivity contribution in [1.82, 2.24) is 4.31 Å². The molecule has 0 saturated carbocycles. The molecule has 0 unspecified atom stereocenters. The van der Waals surface area contributed by atoms with Gasteiger partial charge in [-0.2, -0.15) is 0 Å². The SMILES string of the molecule is CCN(C)S(=O)(=O)CCC[C]=O. The van der Waals surface area contributed by atoms with Crippen molar-refractivity contribution in [3.05, 3.63) is 0 Å². The molecule has 0 spiro atoms. The summed E-state index contributed by atoms with van der Waals surface area (Å²) in [6.07, 6.45) is 2.21. The highest BCUT2D eigenvalue weighted by molar-refractivity contribution is 7.89. The molecule has 0 aliphatic carbocycles. The quantitative estimate of drug-likeness (QED) is 0.563. The van der Waals surface area contributed by atoms with Crippen molar-refractivity contribution in [2.45, 2.75) is 19.8 Å². The lowest BCUT2D eigenvalue weighted by molar-refractivity contribution is 0.484. The Bertz CT molecular complexity index is 223. The lowest BCUT2D eigenvalue weighted by atomic mass is 10.4. The molecule has 12 heavy (non-hydrogen) atoms. The Morgan fingerprint density at radius 1 is 1.42 bits per heavy atom. The Morgan fingerprint density at radius 3 is 2.42 bits per heavy atom. The first-order valence-corrected chi connectivity index (χ1v) is 5.44. The predicted octanol–water partition coefficient (Wildman–Crippen LogP) is 0.158. The van der Waals surface area contributed by atoms with E-state index >= 15 is 0 Å². The maximum absolute atomic E-state index is 11.2. The summed E-state index contributed by atoms with van der Waals surface area (Å²) in [4.78, 5) is 9.80. The topological polar surface area (TPSA) is 54.5 Å². The van der Waals surface area contributed by atoms with Crippen LogP contribution in [-0.4, -0.2) is 38.4 Å². The van der Waals surface area contributed by atoms with Gasteiger partial charge in [0.2, 0.25) is 10.0 Å². The van der Waals surface area contributed by atoms with E-state index in [1.807, 2.05) is 0 Å². The van der Waals surface area contributed by atoms with Crippen molar-refractivity contribution in [3.8, 4) is 0 Å². The minimum Gasteiger partial charge on any atom is -0.291 e. The number of hydrogen-bond acceptors (Lipinski definition) is 3. The van der Waals surface area contributed by atoms with Gasteiger partial charge >= 0.3 is 0 Å². The van der Waals surface area contributed by atoms with Crippen LogP contribution in [0.4, 0.5) is 0 Å². The standard InChI is InChI=1S/C7H14NO3S/c1-3-8(2)12(10,11)7-5-4-6-9/h3-5,7H2,1-2H3. The van der Waals surface area contributed by atoms with E-state index in [9.17, 15) is 13.2 Å². The van der Waals surface area contributed by atoms with Gasteiger partial charge in [-0.15, -0.1) is 0 Å². The van der Waals surface area contributed by atoms with Crippen molar-refractivity contribution >= 4 is 16.3 Å². The van der Waals surface area contributed by atoms with Gasteiger partial charge < -0.3 is 0 Å². The summed E-state index contributed by atoms with van der Waals surface area (Å²) in [5.74, 6) is 0.0343. The van der Waals surface area contributed by atoms with E-state index in [2.05, 4.69) is 0 Å². The van der Waals surface area contributed by atoms with Crippen molar-refractivity contribution in [3.63, 3.8) is 0 Å². The summed E-state index contributed by atoms with van der Waals surface area (Å²) in [7, 11) is -1.60. The maximum Gasteiger partial charge on any atom is 0.213 e. The minimum atomic E-state index is -3.13. The first kappa shape index (κ1) is 11.6. The van der Waals surface area contributed by atoms with Crippen LogP contribution in [0.2, 0.25) is 0 Å². The van der Waals surface area contributed by atoms with E-state index in [1.165, 1.54) is 11.4 Å². The summed E-state index contributed by atoms with van der Waals surface area (Å²) in [5, 5.41) is 0. The molecule has 0 saturated heterocycles. The van der Waals surface area contributed by atoms with Crippen LogP contribution in [0.3, 0.4) is 0 Å². The van der Waals surface area contributed by atoms with Gasteiger partial charge in [-0.25, -0.2) is 12.7 Å². The largest absolute Gasteiger partial charge is 0.291 e. The molecule has 0 amide bonds. The zero-order valence-corrected chi connectivity index (χ0v) is 8.23. The third-order valence-electron chi connectivity index (χ3n) is 1.60. The number of rotatable bonds is 6. The van der Waals surface area contributed by atoms with Crippen LogP contribution in [0.1, 0.15) is 19.8 Å². The predicted molar refractivity (Wildman–Crippen MR) is 47.0 cm³/mol. The van der Waals surface area contributed by atoms with Crippen LogP contribution in [0.25, 0.3) is 0 Å². The average molecular weight is 192 g/mol. The third-order valence-corrected chi connectivity index (χ3v) is 3.61. The Labute approximate surface area is 73.6 Å². The van der Waals surface area contributed by atoms with Gasteiger partial charge in [-0.3, -0.25) is 4.79 Å². The van der Waals surface area contributed by atoms with Crippen LogP contribution >= 0.6 is 0 Å². The second kappa shape index (κ2) is 5.27. The van der Waals surface area contributed by atoms with E-state index < -0.39 is 10.0 Å². The second-order valence-electron chi connectivity index (χ2n) is 2.48. The smallest absolute Gasteiger partial charge is 0.213 e. The molecule has 71 valence electrons. The Hall–Kier alpha value is -0.420. The molecule has 0 aromatic carbocycles. The van der Waals surface area contributed by atoms with Gasteiger partial charge in [0.1, 0.15) is 0 Å². The van der Waals surface area contributed by atoms with Gasteiger partial charge in [0, 0.05) is 20.0 Å². The summed E-state index contributed by atoms with van der Waals surface area (Å²) >= 11 is 0. The molecule has 0 N–H and O–H groups in total. The molecule has 1 radical (unpaired) electrons. The Kier molecular flexibility index (Phi) is 5.08. The van der Waals surface area contributed by atoms with Gasteiger partial charge in [-0.05, 0) is 6.42 Å². The van der Waals surface area contributed by atoms with Crippen LogP contribution < -0.4 is 0 Å². The van der Waals surface area contributed by atoms with Crippen molar-refractivity contribution < 1.29 is 13.2 Å². The van der Waals surface area contributed by atoms with Crippen LogP contribution in [0.5, 0.6) is 0 Å². The molecule has 4 nitrogen and oxygen atoms in total. The van der Waals surface area contributed by atoms with Gasteiger partial charge in [0.25, 0.3) is 0 Å². The van der Waals surface area contributed by atoms with Crippen molar-refractivity contribution in [1.29, 1.82) is 0 Å². The molecule has 0 heterocycles. The lowest BCUT2D eigenvalue weighted by Crippen LogP contribution is -2.28. The van der Waals surface area contributed by atoms with Gasteiger partial charge in [-0.1, -0.05) is 6.92 Å². The number of carbonyl (C=O) groups excluding carboxylic acids is 1. The van der Waals surface area contributed by atoms with E-state index in [4.69, 9.17) is 0 Å². The molecular weight excluding hydrogens is 178 g/mol.